The third-order valence-corrected chi connectivity index (χ3v) is 4.48. The Hall–Kier alpha value is -1.45. The van der Waals surface area contributed by atoms with Gasteiger partial charge in [-0.05, 0) is 43.5 Å². The molecule has 1 heterocycles. The highest BCUT2D eigenvalue weighted by Crippen LogP contribution is 2.36. The second kappa shape index (κ2) is 6.76. The molecule has 0 N–H and O–H groups in total. The Bertz CT molecular complexity index is 672. The van der Waals surface area contributed by atoms with Crippen molar-refractivity contribution < 1.29 is 9.13 Å². The van der Waals surface area contributed by atoms with E-state index in [1.54, 1.807) is 24.3 Å². The first-order valence-corrected chi connectivity index (χ1v) is 8.06. The number of hydrogen-bond donors (Lipinski definition) is 0. The van der Waals surface area contributed by atoms with E-state index in [1.807, 2.05) is 0 Å². The molecule has 1 aliphatic rings. The van der Waals surface area contributed by atoms with Crippen LogP contribution in [0.25, 0.3) is 0 Å². The largest absolute Gasteiger partial charge is 0.455 e. The van der Waals surface area contributed by atoms with Gasteiger partial charge < -0.3 is 9.64 Å². The summed E-state index contributed by atoms with van der Waals surface area (Å²) in [4.78, 5) is 2.17. The maximum Gasteiger partial charge on any atom is 0.150 e. The normalized spacial score (nSPS) is 15.0. The highest BCUT2D eigenvalue weighted by Gasteiger charge is 2.17. The zero-order valence-corrected chi connectivity index (χ0v) is 13.5. The van der Waals surface area contributed by atoms with Gasteiger partial charge in [0.15, 0.2) is 5.75 Å². The number of anilines is 1. The molecule has 1 aliphatic heterocycles. The van der Waals surface area contributed by atoms with Gasteiger partial charge in [0.2, 0.25) is 0 Å². The number of ether oxygens (including phenoxy) is 1. The molecule has 0 unspecified atom stereocenters. The first kappa shape index (κ1) is 15.4. The molecule has 0 atom stereocenters. The molecule has 2 aromatic carbocycles. The number of piperidine rings is 1. The Morgan fingerprint density at radius 3 is 2.41 bits per heavy atom. The lowest BCUT2D eigenvalue weighted by Crippen LogP contribution is -2.29. The van der Waals surface area contributed by atoms with Crippen LogP contribution in [0.4, 0.5) is 10.1 Å². The van der Waals surface area contributed by atoms with Crippen molar-refractivity contribution in [2.24, 2.45) is 0 Å². The molecule has 3 rings (SSSR count). The van der Waals surface area contributed by atoms with Gasteiger partial charge in [0.1, 0.15) is 11.6 Å². The fourth-order valence-corrected chi connectivity index (χ4v) is 2.91. The minimum Gasteiger partial charge on any atom is -0.455 e. The molecule has 0 aliphatic carbocycles. The van der Waals surface area contributed by atoms with Crippen LogP contribution in [0.3, 0.4) is 0 Å². The lowest BCUT2D eigenvalue weighted by atomic mass is 10.1. The summed E-state index contributed by atoms with van der Waals surface area (Å²) in [6.07, 6.45) is 3.44. The summed E-state index contributed by atoms with van der Waals surface area (Å²) in [5, 5.41) is 0.908. The topological polar surface area (TPSA) is 12.5 Å². The van der Waals surface area contributed by atoms with Crippen LogP contribution in [0.5, 0.6) is 11.5 Å². The van der Waals surface area contributed by atoms with E-state index < -0.39 is 0 Å². The van der Waals surface area contributed by atoms with Gasteiger partial charge in [-0.1, -0.05) is 23.2 Å². The van der Waals surface area contributed by atoms with Gasteiger partial charge in [-0.3, -0.25) is 0 Å². The van der Waals surface area contributed by atoms with Gasteiger partial charge in [-0.15, -0.1) is 0 Å². The predicted octanol–water partition coefficient (Wildman–Crippen LogP) is 5.92. The molecule has 0 radical (unpaired) electrons. The second-order valence-electron chi connectivity index (χ2n) is 5.34. The standard InChI is InChI=1S/C17H16Cl2FNO/c18-14-6-5-13(11-15(14)19)22-17-7-4-12(20)10-16(17)21-8-2-1-3-9-21/h4-7,10-11H,1-3,8-9H2. The van der Waals surface area contributed by atoms with E-state index in [9.17, 15) is 4.39 Å². The summed E-state index contributed by atoms with van der Waals surface area (Å²) < 4.78 is 19.5. The zero-order valence-electron chi connectivity index (χ0n) is 12.0. The van der Waals surface area contributed by atoms with E-state index in [2.05, 4.69) is 4.90 Å². The number of hydrogen-bond acceptors (Lipinski definition) is 2. The molecule has 1 fully saturated rings. The van der Waals surface area contributed by atoms with Crippen molar-refractivity contribution in [3.63, 3.8) is 0 Å². The fourth-order valence-electron chi connectivity index (χ4n) is 2.63. The molecular formula is C17H16Cl2FNO. The van der Waals surface area contributed by atoms with Crippen molar-refractivity contribution in [2.45, 2.75) is 19.3 Å². The molecule has 0 amide bonds. The summed E-state index contributed by atoms with van der Waals surface area (Å²) in [7, 11) is 0. The van der Waals surface area contributed by atoms with Crippen LogP contribution in [0.1, 0.15) is 19.3 Å². The Morgan fingerprint density at radius 2 is 1.68 bits per heavy atom. The number of nitrogens with zero attached hydrogens (tertiary/aromatic N) is 1. The molecule has 0 spiro atoms. The van der Waals surface area contributed by atoms with Crippen LogP contribution in [-0.4, -0.2) is 13.1 Å². The van der Waals surface area contributed by atoms with Crippen LogP contribution >= 0.6 is 23.2 Å². The molecule has 0 saturated carbocycles. The molecule has 2 aromatic rings. The van der Waals surface area contributed by atoms with Crippen molar-refractivity contribution in [3.8, 4) is 11.5 Å². The average molecular weight is 340 g/mol. The summed E-state index contributed by atoms with van der Waals surface area (Å²) in [5.74, 6) is 0.947. The maximum absolute atomic E-state index is 13.6. The highest BCUT2D eigenvalue weighted by atomic mass is 35.5. The molecule has 22 heavy (non-hydrogen) atoms. The van der Waals surface area contributed by atoms with Crippen molar-refractivity contribution in [3.05, 3.63) is 52.3 Å². The monoisotopic (exact) mass is 339 g/mol. The van der Waals surface area contributed by atoms with Gasteiger partial charge in [-0.25, -0.2) is 4.39 Å². The molecule has 0 bridgehead atoms. The fraction of sp³-hybridized carbons (Fsp3) is 0.294. The van der Waals surface area contributed by atoms with Crippen molar-refractivity contribution in [1.82, 2.24) is 0 Å². The zero-order chi connectivity index (χ0) is 15.5. The van der Waals surface area contributed by atoms with Crippen LogP contribution in [0.2, 0.25) is 10.0 Å². The summed E-state index contributed by atoms with van der Waals surface area (Å²) in [5.41, 5.74) is 0.783. The second-order valence-corrected chi connectivity index (χ2v) is 6.15. The third-order valence-electron chi connectivity index (χ3n) is 3.74. The van der Waals surface area contributed by atoms with Crippen LogP contribution in [-0.2, 0) is 0 Å². The van der Waals surface area contributed by atoms with E-state index in [4.69, 9.17) is 27.9 Å². The quantitative estimate of drug-likeness (QED) is 0.688. The van der Waals surface area contributed by atoms with E-state index in [-0.39, 0.29) is 5.82 Å². The van der Waals surface area contributed by atoms with Crippen molar-refractivity contribution >= 4 is 28.9 Å². The van der Waals surface area contributed by atoms with E-state index >= 15 is 0 Å². The summed E-state index contributed by atoms with van der Waals surface area (Å²) in [6.45, 7) is 1.84. The van der Waals surface area contributed by atoms with Crippen LogP contribution in [0.15, 0.2) is 36.4 Å². The van der Waals surface area contributed by atoms with Crippen LogP contribution in [0, 0.1) is 5.82 Å². The number of benzene rings is 2. The molecule has 2 nitrogen and oxygen atoms in total. The summed E-state index contributed by atoms with van der Waals surface area (Å²) in [6, 6.07) is 9.67. The van der Waals surface area contributed by atoms with Crippen molar-refractivity contribution in [2.75, 3.05) is 18.0 Å². The number of halogens is 3. The Balaban J connectivity index is 1.90. The smallest absolute Gasteiger partial charge is 0.150 e. The van der Waals surface area contributed by atoms with E-state index in [0.717, 1.165) is 31.6 Å². The predicted molar refractivity (Wildman–Crippen MR) is 89.0 cm³/mol. The molecule has 5 heteroatoms. The highest BCUT2D eigenvalue weighted by molar-refractivity contribution is 6.42. The third kappa shape index (κ3) is 3.47. The first-order chi connectivity index (χ1) is 10.6. The average Bonchev–Trinajstić information content (AvgIpc) is 2.53. The molecule has 0 aromatic heterocycles. The van der Waals surface area contributed by atoms with Gasteiger partial charge in [0.05, 0.1) is 15.7 Å². The Morgan fingerprint density at radius 1 is 0.909 bits per heavy atom. The molecule has 116 valence electrons. The SMILES string of the molecule is Fc1ccc(Oc2ccc(Cl)c(Cl)c2)c(N2CCCCC2)c1. The van der Waals surface area contributed by atoms with E-state index in [1.165, 1.54) is 18.6 Å². The molecular weight excluding hydrogens is 324 g/mol. The Labute approximate surface area is 139 Å². The Kier molecular flexibility index (Phi) is 4.74. The minimum atomic E-state index is -0.262. The molecule has 1 saturated heterocycles. The van der Waals surface area contributed by atoms with Gasteiger partial charge in [0.25, 0.3) is 0 Å². The van der Waals surface area contributed by atoms with Gasteiger partial charge in [0, 0.05) is 25.2 Å². The maximum atomic E-state index is 13.6. The first-order valence-electron chi connectivity index (χ1n) is 7.31. The summed E-state index contributed by atoms with van der Waals surface area (Å²) >= 11 is 11.9. The van der Waals surface area contributed by atoms with Gasteiger partial charge >= 0.3 is 0 Å². The lowest BCUT2D eigenvalue weighted by molar-refractivity contribution is 0.474. The van der Waals surface area contributed by atoms with Gasteiger partial charge in [-0.2, -0.15) is 0 Å². The van der Waals surface area contributed by atoms with E-state index in [0.29, 0.717) is 21.5 Å². The van der Waals surface area contributed by atoms with Crippen LogP contribution < -0.4 is 9.64 Å². The lowest BCUT2D eigenvalue weighted by Gasteiger charge is -2.30. The minimum absolute atomic E-state index is 0.262. The number of rotatable bonds is 3. The van der Waals surface area contributed by atoms with Crippen molar-refractivity contribution in [1.29, 1.82) is 0 Å².